The Morgan fingerprint density at radius 1 is 1.14 bits per heavy atom. The first-order valence-corrected chi connectivity index (χ1v) is 12.5. The molecule has 0 saturated heterocycles. The number of anilines is 2. The van der Waals surface area contributed by atoms with Gasteiger partial charge in [-0.15, -0.1) is 0 Å². The van der Waals surface area contributed by atoms with Crippen LogP contribution in [0.4, 0.5) is 11.6 Å². The molecule has 6 nitrogen and oxygen atoms in total. The smallest absolute Gasteiger partial charge is 0.307 e. The predicted molar refractivity (Wildman–Crippen MR) is 142 cm³/mol. The number of rotatable bonds is 7. The van der Waals surface area contributed by atoms with E-state index >= 15 is 0 Å². The van der Waals surface area contributed by atoms with Crippen molar-refractivity contribution in [1.29, 1.82) is 0 Å². The summed E-state index contributed by atoms with van der Waals surface area (Å²) < 4.78 is 7.94. The fraction of sp³-hybridized carbons (Fsp3) is 0.517. The van der Waals surface area contributed by atoms with E-state index in [-0.39, 0.29) is 23.3 Å². The molecule has 1 fully saturated rings. The normalized spacial score (nSPS) is 17.6. The summed E-state index contributed by atoms with van der Waals surface area (Å²) in [5.74, 6) is 0.954. The summed E-state index contributed by atoms with van der Waals surface area (Å²) in [6.07, 6.45) is 3.16. The number of imidazole rings is 1. The van der Waals surface area contributed by atoms with Gasteiger partial charge in [0.15, 0.2) is 0 Å². The average Bonchev–Trinajstić information content (AvgIpc) is 3.07. The van der Waals surface area contributed by atoms with Crippen LogP contribution in [0.5, 0.6) is 5.75 Å². The van der Waals surface area contributed by atoms with Crippen LogP contribution in [0.3, 0.4) is 0 Å². The van der Waals surface area contributed by atoms with Crippen molar-refractivity contribution in [3.63, 3.8) is 0 Å². The van der Waals surface area contributed by atoms with Gasteiger partial charge in [-0.05, 0) is 59.8 Å². The summed E-state index contributed by atoms with van der Waals surface area (Å²) in [4.78, 5) is 16.4. The van der Waals surface area contributed by atoms with E-state index in [2.05, 4.69) is 75.7 Å². The van der Waals surface area contributed by atoms with E-state index in [0.717, 1.165) is 35.5 Å². The molecular weight excluding hydrogens is 438 g/mol. The van der Waals surface area contributed by atoms with Gasteiger partial charge < -0.3 is 19.7 Å². The third-order valence-electron chi connectivity index (χ3n) is 7.17. The van der Waals surface area contributed by atoms with Crippen LogP contribution in [0.15, 0.2) is 36.4 Å². The molecule has 0 radical (unpaired) electrons. The molecule has 4 rings (SSSR count). The van der Waals surface area contributed by atoms with Crippen LogP contribution in [0.2, 0.25) is 0 Å². The zero-order valence-electron chi connectivity index (χ0n) is 22.1. The fourth-order valence-electron chi connectivity index (χ4n) is 6.17. The maximum Gasteiger partial charge on any atom is 0.307 e. The van der Waals surface area contributed by atoms with Crippen LogP contribution in [0.1, 0.15) is 83.9 Å². The van der Waals surface area contributed by atoms with Gasteiger partial charge in [-0.25, -0.2) is 4.98 Å². The van der Waals surface area contributed by atoms with E-state index in [9.17, 15) is 9.90 Å². The van der Waals surface area contributed by atoms with Gasteiger partial charge in [-0.2, -0.15) is 0 Å². The van der Waals surface area contributed by atoms with Crippen molar-refractivity contribution in [2.24, 2.45) is 10.8 Å². The Morgan fingerprint density at radius 2 is 1.77 bits per heavy atom. The molecule has 0 bridgehead atoms. The minimum Gasteiger partial charge on any atom is -0.496 e. The summed E-state index contributed by atoms with van der Waals surface area (Å²) in [5.41, 5.74) is 5.06. The van der Waals surface area contributed by atoms with Crippen LogP contribution >= 0.6 is 0 Å². The summed E-state index contributed by atoms with van der Waals surface area (Å²) in [7, 11) is 1.59. The first-order valence-electron chi connectivity index (χ1n) is 12.5. The van der Waals surface area contributed by atoms with Crippen LogP contribution in [0.25, 0.3) is 11.0 Å². The van der Waals surface area contributed by atoms with Crippen molar-refractivity contribution < 1.29 is 14.6 Å². The van der Waals surface area contributed by atoms with Gasteiger partial charge in [0.05, 0.1) is 24.6 Å². The third-order valence-corrected chi connectivity index (χ3v) is 7.17. The zero-order chi connectivity index (χ0) is 25.5. The molecule has 0 unspecified atom stereocenters. The highest BCUT2D eigenvalue weighted by Crippen LogP contribution is 2.51. The number of fused-ring (bicyclic) bond motifs is 1. The van der Waals surface area contributed by atoms with Gasteiger partial charge in [0, 0.05) is 23.4 Å². The Labute approximate surface area is 208 Å². The molecule has 3 aromatic rings. The van der Waals surface area contributed by atoms with Crippen LogP contribution < -0.4 is 10.1 Å². The number of carbonyl (C=O) groups is 1. The number of hydrogen-bond acceptors (Lipinski definition) is 4. The molecule has 1 saturated carbocycles. The lowest BCUT2D eigenvalue weighted by Crippen LogP contribution is -2.35. The third kappa shape index (κ3) is 5.47. The molecule has 6 heteroatoms. The Balaban J connectivity index is 1.85. The van der Waals surface area contributed by atoms with Crippen molar-refractivity contribution in [1.82, 2.24) is 9.55 Å². The topological polar surface area (TPSA) is 76.4 Å². The Morgan fingerprint density at radius 3 is 2.31 bits per heavy atom. The lowest BCUT2D eigenvalue weighted by molar-refractivity contribution is -0.136. The van der Waals surface area contributed by atoms with E-state index < -0.39 is 5.97 Å². The summed E-state index contributed by atoms with van der Waals surface area (Å²) in [6.45, 7) is 13.8. The molecule has 1 aliphatic rings. The zero-order valence-corrected chi connectivity index (χ0v) is 22.1. The molecule has 188 valence electrons. The number of benzene rings is 2. The monoisotopic (exact) mass is 477 g/mol. The van der Waals surface area contributed by atoms with Crippen molar-refractivity contribution in [2.75, 3.05) is 12.4 Å². The van der Waals surface area contributed by atoms with E-state index in [1.54, 1.807) is 7.11 Å². The number of aromatic nitrogens is 2. The quantitative estimate of drug-likeness (QED) is 0.373. The second kappa shape index (κ2) is 9.21. The lowest BCUT2D eigenvalue weighted by Gasteiger charge is -2.45. The number of methoxy groups -OCH3 is 1. The molecule has 1 heterocycles. The standard InChI is InChI=1S/C29H39N3O3/c1-18(2)19-8-10-21(11-9-19)30-27-31-23-12-20(13-26(33)34)25(35-7)14-24(23)32(27)22-15-28(3,4)17-29(5,6)16-22/h8-12,14,18,22H,13,15-17H2,1-7H3,(H,30,31)(H,33,34). The Hall–Kier alpha value is -3.02. The number of carboxylic acid groups (broad SMARTS) is 1. The second-order valence-corrected chi connectivity index (χ2v) is 12.0. The van der Waals surface area contributed by atoms with Gasteiger partial charge in [-0.1, -0.05) is 53.7 Å². The molecule has 1 aliphatic carbocycles. The number of carboxylic acids is 1. The molecule has 35 heavy (non-hydrogen) atoms. The van der Waals surface area contributed by atoms with Gasteiger partial charge in [0.1, 0.15) is 5.75 Å². The van der Waals surface area contributed by atoms with Gasteiger partial charge in [-0.3, -0.25) is 4.79 Å². The lowest BCUT2D eigenvalue weighted by atomic mass is 9.63. The van der Waals surface area contributed by atoms with Gasteiger partial charge in [0.25, 0.3) is 0 Å². The molecule has 0 spiro atoms. The Kier molecular flexibility index (Phi) is 6.60. The maximum atomic E-state index is 11.5. The molecule has 0 atom stereocenters. The number of nitrogens with one attached hydrogen (secondary N) is 1. The average molecular weight is 478 g/mol. The van der Waals surface area contributed by atoms with Crippen molar-refractivity contribution in [3.05, 3.63) is 47.5 Å². The molecular formula is C29H39N3O3. The van der Waals surface area contributed by atoms with Crippen molar-refractivity contribution >= 4 is 28.6 Å². The number of hydrogen-bond donors (Lipinski definition) is 2. The number of aliphatic carboxylic acids is 1. The van der Waals surface area contributed by atoms with E-state index in [0.29, 0.717) is 17.2 Å². The summed E-state index contributed by atoms with van der Waals surface area (Å²) >= 11 is 0. The van der Waals surface area contributed by atoms with E-state index in [1.807, 2.05) is 12.1 Å². The van der Waals surface area contributed by atoms with Gasteiger partial charge >= 0.3 is 5.97 Å². The Bertz CT molecular complexity index is 1210. The molecule has 0 aliphatic heterocycles. The van der Waals surface area contributed by atoms with Crippen LogP contribution in [0, 0.1) is 10.8 Å². The highest BCUT2D eigenvalue weighted by atomic mass is 16.5. The van der Waals surface area contributed by atoms with E-state index in [4.69, 9.17) is 9.72 Å². The SMILES string of the molecule is COc1cc2c(cc1CC(=O)O)nc(Nc1ccc(C(C)C)cc1)n2C1CC(C)(C)CC(C)(C)C1. The molecule has 1 aromatic heterocycles. The van der Waals surface area contributed by atoms with Crippen molar-refractivity contribution in [3.8, 4) is 5.75 Å². The molecule has 0 amide bonds. The van der Waals surface area contributed by atoms with Crippen LogP contribution in [-0.2, 0) is 11.2 Å². The van der Waals surface area contributed by atoms with Crippen molar-refractivity contribution in [2.45, 2.75) is 79.2 Å². The highest BCUT2D eigenvalue weighted by Gasteiger charge is 2.40. The summed E-state index contributed by atoms with van der Waals surface area (Å²) in [6, 6.07) is 12.6. The summed E-state index contributed by atoms with van der Waals surface area (Å²) in [5, 5.41) is 13.0. The first-order chi connectivity index (χ1) is 16.4. The largest absolute Gasteiger partial charge is 0.496 e. The minimum atomic E-state index is -0.888. The fourth-order valence-corrected chi connectivity index (χ4v) is 6.17. The molecule has 2 N–H and O–H groups in total. The number of nitrogens with zero attached hydrogens (tertiary/aromatic N) is 2. The van der Waals surface area contributed by atoms with Crippen LogP contribution in [-0.4, -0.2) is 27.7 Å². The van der Waals surface area contributed by atoms with Gasteiger partial charge in [0.2, 0.25) is 5.95 Å². The van der Waals surface area contributed by atoms with E-state index in [1.165, 1.54) is 12.0 Å². The molecule has 2 aromatic carbocycles. The first kappa shape index (κ1) is 25.1. The second-order valence-electron chi connectivity index (χ2n) is 12.0. The number of ether oxygens (including phenoxy) is 1. The minimum absolute atomic E-state index is 0.102. The maximum absolute atomic E-state index is 11.5. The highest BCUT2D eigenvalue weighted by molar-refractivity contribution is 5.84. The predicted octanol–water partition coefficient (Wildman–Crippen LogP) is 7.32.